The Morgan fingerprint density at radius 2 is 1.73 bits per heavy atom. The van der Waals surface area contributed by atoms with Crippen LogP contribution in [0.3, 0.4) is 0 Å². The van der Waals surface area contributed by atoms with Gasteiger partial charge >= 0.3 is 0 Å². The molecule has 2 rings (SSSR count). The largest absolute Gasteiger partial charge is 0.493 e. The lowest BCUT2D eigenvalue weighted by Crippen LogP contribution is -2.23. The quantitative estimate of drug-likeness (QED) is 0.342. The molecule has 5 nitrogen and oxygen atoms in total. The Labute approximate surface area is 173 Å². The Kier molecular flexibility index (Phi) is 10.0. The molecule has 0 unspecified atom stereocenters. The van der Waals surface area contributed by atoms with Gasteiger partial charge in [-0.15, -0.1) is 24.0 Å². The number of hydrogen-bond donors (Lipinski definition) is 2. The highest BCUT2D eigenvalue weighted by Crippen LogP contribution is 2.20. The van der Waals surface area contributed by atoms with E-state index in [4.69, 9.17) is 15.2 Å². The third-order valence-corrected chi connectivity index (χ3v) is 3.54. The number of ether oxygens (including phenoxy) is 2. The molecule has 142 valence electrons. The summed E-state index contributed by atoms with van der Waals surface area (Å²) in [6, 6.07) is 15.8. The molecule has 0 aliphatic heterocycles. The van der Waals surface area contributed by atoms with E-state index < -0.39 is 0 Å². The third-order valence-electron chi connectivity index (χ3n) is 3.54. The highest BCUT2D eigenvalue weighted by molar-refractivity contribution is 14.0. The Morgan fingerprint density at radius 3 is 2.42 bits per heavy atom. The van der Waals surface area contributed by atoms with Crippen LogP contribution in [0.4, 0.5) is 5.69 Å². The lowest BCUT2D eigenvalue weighted by molar-refractivity contribution is 0.185. The first kappa shape index (κ1) is 22.2. The monoisotopic (exact) mass is 469 g/mol. The molecule has 0 atom stereocenters. The Balaban J connectivity index is 0.00000338. The number of rotatable bonds is 8. The molecule has 2 aromatic rings. The molecule has 0 aliphatic rings. The Bertz CT molecular complexity index is 705. The first-order valence-corrected chi connectivity index (χ1v) is 8.44. The van der Waals surface area contributed by atoms with Gasteiger partial charge in [0, 0.05) is 23.9 Å². The van der Waals surface area contributed by atoms with Crippen LogP contribution >= 0.6 is 24.0 Å². The molecule has 26 heavy (non-hydrogen) atoms. The van der Waals surface area contributed by atoms with E-state index in [1.54, 1.807) is 7.11 Å². The van der Waals surface area contributed by atoms with Gasteiger partial charge in [0.25, 0.3) is 0 Å². The number of halogens is 1. The minimum absolute atomic E-state index is 0. The fraction of sp³-hybridized carbons (Fsp3) is 0.350. The van der Waals surface area contributed by atoms with E-state index >= 15 is 0 Å². The van der Waals surface area contributed by atoms with E-state index in [9.17, 15) is 0 Å². The lowest BCUT2D eigenvalue weighted by Gasteiger charge is -2.13. The molecule has 0 heterocycles. The molecule has 0 amide bonds. The molecule has 0 radical (unpaired) electrons. The van der Waals surface area contributed by atoms with Crippen molar-refractivity contribution in [2.75, 3.05) is 19.0 Å². The molecule has 3 N–H and O–H groups in total. The van der Waals surface area contributed by atoms with Crippen LogP contribution in [0.5, 0.6) is 5.75 Å². The van der Waals surface area contributed by atoms with E-state index in [0.717, 1.165) is 22.6 Å². The first-order chi connectivity index (χ1) is 12.1. The average Bonchev–Trinajstić information content (AvgIpc) is 2.60. The molecular formula is C20H28IN3O2. The zero-order chi connectivity index (χ0) is 18.1. The van der Waals surface area contributed by atoms with Crippen molar-refractivity contribution < 1.29 is 9.47 Å². The molecule has 0 aromatic heterocycles. The van der Waals surface area contributed by atoms with Gasteiger partial charge in [0.1, 0.15) is 5.75 Å². The SMILES string of the molecule is COCc1ccccc1NC(N)=NCc1ccccc1OCC(C)C.I. The number of hydrogen-bond acceptors (Lipinski definition) is 3. The summed E-state index contributed by atoms with van der Waals surface area (Å²) in [5.74, 6) is 1.69. The van der Waals surface area contributed by atoms with Crippen LogP contribution in [0.2, 0.25) is 0 Å². The van der Waals surface area contributed by atoms with Crippen LogP contribution in [0.25, 0.3) is 0 Å². The van der Waals surface area contributed by atoms with Crippen molar-refractivity contribution in [2.45, 2.75) is 27.0 Å². The van der Waals surface area contributed by atoms with Gasteiger partial charge in [-0.2, -0.15) is 0 Å². The molecule has 0 fully saturated rings. The maximum atomic E-state index is 6.05. The van der Waals surface area contributed by atoms with E-state index in [1.165, 1.54) is 0 Å². The fourth-order valence-corrected chi connectivity index (χ4v) is 2.30. The maximum Gasteiger partial charge on any atom is 0.193 e. The summed E-state index contributed by atoms with van der Waals surface area (Å²) in [4.78, 5) is 4.44. The first-order valence-electron chi connectivity index (χ1n) is 8.44. The van der Waals surface area contributed by atoms with E-state index in [2.05, 4.69) is 24.2 Å². The summed E-state index contributed by atoms with van der Waals surface area (Å²) in [6.45, 7) is 5.90. The van der Waals surface area contributed by atoms with Crippen molar-refractivity contribution in [1.29, 1.82) is 0 Å². The van der Waals surface area contributed by atoms with Crippen LogP contribution in [0.1, 0.15) is 25.0 Å². The smallest absolute Gasteiger partial charge is 0.193 e. The highest BCUT2D eigenvalue weighted by Gasteiger charge is 2.05. The molecular weight excluding hydrogens is 441 g/mol. The predicted octanol–water partition coefficient (Wildman–Crippen LogP) is 4.41. The Hall–Kier alpha value is -1.80. The number of nitrogens with zero attached hydrogens (tertiary/aromatic N) is 1. The van der Waals surface area contributed by atoms with E-state index in [1.807, 2.05) is 48.5 Å². The summed E-state index contributed by atoms with van der Waals surface area (Å²) in [5.41, 5.74) is 8.99. The van der Waals surface area contributed by atoms with Gasteiger partial charge in [-0.05, 0) is 18.1 Å². The van der Waals surface area contributed by atoms with Gasteiger partial charge in [-0.25, -0.2) is 4.99 Å². The highest BCUT2D eigenvalue weighted by atomic mass is 127. The van der Waals surface area contributed by atoms with Gasteiger partial charge in [-0.1, -0.05) is 50.2 Å². The number of guanidine groups is 1. The number of nitrogens with two attached hydrogens (primary N) is 1. The second-order valence-electron chi connectivity index (χ2n) is 6.23. The molecule has 0 spiro atoms. The van der Waals surface area contributed by atoms with Crippen LogP contribution in [0, 0.1) is 5.92 Å². The van der Waals surface area contributed by atoms with Crippen molar-refractivity contribution in [1.82, 2.24) is 0 Å². The van der Waals surface area contributed by atoms with Gasteiger partial charge in [0.15, 0.2) is 5.96 Å². The minimum atomic E-state index is 0. The van der Waals surface area contributed by atoms with Crippen LogP contribution in [0.15, 0.2) is 53.5 Å². The summed E-state index contributed by atoms with van der Waals surface area (Å²) in [6.07, 6.45) is 0. The zero-order valence-electron chi connectivity index (χ0n) is 15.6. The summed E-state index contributed by atoms with van der Waals surface area (Å²) in [5, 5.41) is 3.14. The lowest BCUT2D eigenvalue weighted by atomic mass is 10.2. The Morgan fingerprint density at radius 1 is 1.08 bits per heavy atom. The number of anilines is 1. The molecule has 0 aliphatic carbocycles. The van der Waals surface area contributed by atoms with E-state index in [0.29, 0.717) is 31.6 Å². The van der Waals surface area contributed by atoms with Gasteiger partial charge in [0.2, 0.25) is 0 Å². The number of methoxy groups -OCH3 is 1. The van der Waals surface area contributed by atoms with Crippen LogP contribution in [-0.2, 0) is 17.9 Å². The fourth-order valence-electron chi connectivity index (χ4n) is 2.30. The topological polar surface area (TPSA) is 68.9 Å². The summed E-state index contributed by atoms with van der Waals surface area (Å²) < 4.78 is 11.1. The second kappa shape index (κ2) is 11.7. The number of para-hydroxylation sites is 2. The molecule has 2 aromatic carbocycles. The summed E-state index contributed by atoms with van der Waals surface area (Å²) in [7, 11) is 1.67. The number of nitrogens with one attached hydrogen (secondary N) is 1. The van der Waals surface area contributed by atoms with E-state index in [-0.39, 0.29) is 24.0 Å². The van der Waals surface area contributed by atoms with Crippen molar-refractivity contribution in [2.24, 2.45) is 16.6 Å². The average molecular weight is 469 g/mol. The molecule has 6 heteroatoms. The van der Waals surface area contributed by atoms with Crippen molar-refractivity contribution in [3.8, 4) is 5.75 Å². The van der Waals surface area contributed by atoms with Crippen molar-refractivity contribution in [3.63, 3.8) is 0 Å². The van der Waals surface area contributed by atoms with Gasteiger partial charge in [-0.3, -0.25) is 0 Å². The maximum absolute atomic E-state index is 6.05. The number of benzene rings is 2. The molecule has 0 saturated carbocycles. The standard InChI is InChI=1S/C20H27N3O2.HI/c1-15(2)13-25-19-11-7-5-8-16(19)12-22-20(21)23-18-10-6-4-9-17(18)14-24-3;/h4-11,15H,12-14H2,1-3H3,(H3,21,22,23);1H. The molecule has 0 saturated heterocycles. The number of aliphatic imine (C=N–C) groups is 1. The minimum Gasteiger partial charge on any atom is -0.493 e. The van der Waals surface area contributed by atoms with Gasteiger partial charge in [0.05, 0.1) is 19.8 Å². The third kappa shape index (κ3) is 7.21. The van der Waals surface area contributed by atoms with Crippen molar-refractivity contribution in [3.05, 3.63) is 59.7 Å². The second-order valence-corrected chi connectivity index (χ2v) is 6.23. The molecule has 0 bridgehead atoms. The van der Waals surface area contributed by atoms with Gasteiger partial charge < -0.3 is 20.5 Å². The predicted molar refractivity (Wildman–Crippen MR) is 118 cm³/mol. The normalized spacial score (nSPS) is 11.2. The van der Waals surface area contributed by atoms with Crippen LogP contribution in [-0.4, -0.2) is 19.7 Å². The van der Waals surface area contributed by atoms with Crippen LogP contribution < -0.4 is 15.8 Å². The summed E-state index contributed by atoms with van der Waals surface area (Å²) >= 11 is 0. The van der Waals surface area contributed by atoms with Crippen molar-refractivity contribution >= 4 is 35.6 Å². The zero-order valence-corrected chi connectivity index (χ0v) is 17.9.